The molecule has 632 valence electrons. The number of hydrogen-bond acceptors (Lipinski definition) is 30. The number of carbonyl (C=O) groups excluding carboxylic acids is 3. The number of rotatable bonds is 25. The van der Waals surface area contributed by atoms with Crippen LogP contribution >= 0.6 is 0 Å². The Kier molecular flexibility index (Phi) is 24.0. The van der Waals surface area contributed by atoms with Gasteiger partial charge in [-0.15, -0.1) is 0 Å². The third-order valence-corrected chi connectivity index (χ3v) is 20.3. The van der Waals surface area contributed by atoms with Crippen molar-refractivity contribution in [3.8, 4) is 17.6 Å². The summed E-state index contributed by atoms with van der Waals surface area (Å²) in [4.78, 5) is 123. The summed E-state index contributed by atoms with van der Waals surface area (Å²) < 4.78 is 79.5. The van der Waals surface area contributed by atoms with Crippen molar-refractivity contribution in [1.29, 1.82) is 0 Å². The number of carbonyl (C=O) groups is 6. The molecule has 1 saturated carbocycles. The fourth-order valence-electron chi connectivity index (χ4n) is 14.5. The fraction of sp³-hybridized carbons (Fsp3) is 0.309. The van der Waals surface area contributed by atoms with Crippen LogP contribution in [-0.4, -0.2) is 225 Å². The summed E-state index contributed by atoms with van der Waals surface area (Å²) in [5.41, 5.74) is 4.82. The van der Waals surface area contributed by atoms with Gasteiger partial charge in [0.15, 0.2) is 88.5 Å². The van der Waals surface area contributed by atoms with Crippen LogP contribution in [-0.2, 0) is 42.6 Å². The van der Waals surface area contributed by atoms with Crippen molar-refractivity contribution in [3.05, 3.63) is 223 Å². The molecule has 15 atom stereocenters. The lowest BCUT2D eigenvalue weighted by atomic mass is 10.1. The number of nitrogens with zero attached hydrogens (tertiary/aromatic N) is 15. The van der Waals surface area contributed by atoms with Crippen LogP contribution in [0, 0.1) is 0 Å². The van der Waals surface area contributed by atoms with E-state index in [1.807, 2.05) is 103 Å². The number of aromatic nitrogens is 15. The van der Waals surface area contributed by atoms with E-state index in [0.29, 0.717) is 46.6 Å². The number of pyridine rings is 3. The number of carboxylic acid groups (broad SMARTS) is 3. The van der Waals surface area contributed by atoms with Gasteiger partial charge in [0.2, 0.25) is 17.6 Å². The average Bonchev–Trinajstić information content (AvgIpc) is 1.60. The van der Waals surface area contributed by atoms with Crippen molar-refractivity contribution in [3.63, 3.8) is 0 Å². The molecule has 6 aliphatic heterocycles. The number of carboxylic acids is 3. The lowest BCUT2D eigenvalue weighted by molar-refractivity contribution is -0.152. The molecule has 123 heavy (non-hydrogen) atoms. The number of aromatic carboxylic acids is 3. The highest BCUT2D eigenvalue weighted by Crippen LogP contribution is 2.48. The number of nitrogens with one attached hydrogen (secondary N) is 6. The molecule has 1 aliphatic carbocycles. The maximum atomic E-state index is 12.4. The lowest BCUT2D eigenvalue weighted by Crippen LogP contribution is -2.33. The normalized spacial score (nSPS) is 24.0. The van der Waals surface area contributed by atoms with Gasteiger partial charge in [0.25, 0.3) is 0 Å². The molecule has 0 spiro atoms. The molecular weight excluding hydrogens is 1600 g/mol. The molecule has 9 N–H and O–H groups in total. The first-order valence-corrected chi connectivity index (χ1v) is 39.0. The van der Waals surface area contributed by atoms with E-state index in [-0.39, 0.29) is 83.7 Å². The van der Waals surface area contributed by atoms with Crippen LogP contribution in [0.15, 0.2) is 190 Å². The van der Waals surface area contributed by atoms with E-state index in [0.717, 1.165) is 29.5 Å². The molecule has 12 aromatic rings. The van der Waals surface area contributed by atoms with Crippen LogP contribution in [0.2, 0.25) is 0 Å². The third-order valence-electron chi connectivity index (χ3n) is 20.3. The Morgan fingerprint density at radius 2 is 0.756 bits per heavy atom. The molecule has 42 nitrogen and oxygen atoms in total. The minimum absolute atomic E-state index is 0.0249. The van der Waals surface area contributed by atoms with Crippen LogP contribution in [0.4, 0.5) is 31.8 Å². The number of benzene rings is 3. The van der Waals surface area contributed by atoms with Crippen molar-refractivity contribution in [2.75, 3.05) is 48.9 Å². The van der Waals surface area contributed by atoms with Crippen molar-refractivity contribution in [1.82, 2.24) is 89.5 Å². The largest absolute Gasteiger partial charge is 0.477 e. The van der Waals surface area contributed by atoms with E-state index in [1.54, 1.807) is 33.9 Å². The molecule has 7 aliphatic rings. The SMILES string of the molecule is CCNC(=O)Nc1ncnc2c1ncn2C1OC(COc2ncccc2C(=O)O)C2O[C@H](/C=C/c3ccccc3)OC21.CCNC(=O)Nc1ncnc2c1ncn2C1OC(COc2ncccc2C(=O)O)C2O[C@H](c3ccccc3)OC21.O=C(Nc1ncnc2c1ncn2C1OC(COc2ncccc2C(=O)O)C2O[C@H](c3ccccc3)OC21)NC1CC1. The van der Waals surface area contributed by atoms with Gasteiger partial charge in [0.05, 0.1) is 19.0 Å². The highest BCUT2D eigenvalue weighted by molar-refractivity contribution is 5.98. The third kappa shape index (κ3) is 17.7. The zero-order valence-electron chi connectivity index (χ0n) is 65.1. The molecule has 9 aromatic heterocycles. The van der Waals surface area contributed by atoms with Gasteiger partial charge in [0.1, 0.15) is 110 Å². The minimum Gasteiger partial charge on any atom is -0.477 e. The number of fused-ring (bicyclic) bond motifs is 6. The summed E-state index contributed by atoms with van der Waals surface area (Å²) in [5.74, 6) is -2.80. The van der Waals surface area contributed by atoms with Crippen LogP contribution < -0.4 is 46.1 Å². The van der Waals surface area contributed by atoms with Crippen molar-refractivity contribution < 1.29 is 101 Å². The van der Waals surface area contributed by atoms with Gasteiger partial charge < -0.3 is 88.1 Å². The smallest absolute Gasteiger partial charge is 0.341 e. The van der Waals surface area contributed by atoms with Gasteiger partial charge in [-0.3, -0.25) is 29.7 Å². The van der Waals surface area contributed by atoms with Crippen molar-refractivity contribution in [2.24, 2.45) is 0 Å². The first kappa shape index (κ1) is 81.1. The topological polar surface area (TPSA) is 516 Å². The second-order valence-corrected chi connectivity index (χ2v) is 28.3. The molecule has 42 heteroatoms. The molecule has 0 radical (unpaired) electrons. The maximum absolute atomic E-state index is 12.4. The number of amides is 6. The van der Waals surface area contributed by atoms with Gasteiger partial charge in [-0.2, -0.15) is 0 Å². The number of imidazole rings is 3. The molecule has 3 aromatic carbocycles. The number of urea groups is 3. The Labute approximate surface area is 695 Å². The predicted octanol–water partition coefficient (Wildman–Crippen LogP) is 8.04. The van der Waals surface area contributed by atoms with Gasteiger partial charge in [-0.25, -0.2) is 88.6 Å². The Morgan fingerprint density at radius 3 is 1.13 bits per heavy atom. The minimum atomic E-state index is -1.16. The number of anilines is 3. The second-order valence-electron chi connectivity index (χ2n) is 28.3. The first-order chi connectivity index (χ1) is 60.1. The van der Waals surface area contributed by atoms with E-state index < -0.39 is 122 Å². The standard InChI is InChI=1S/C28H27N7O7.C27H25N7O7.C26H25N7O7/c1-2-29-28(38)34-23-20-24(32-14-31-23)35(15-33-20)26-22-21(41-19(42-22)11-10-16-7-4-3-5-8-16)18(40-26)13-39-25-17(27(36)37)9-6-12-30-25;35-25(36)16-7-4-10-28-23(16)38-11-17-19-20(41-26(40-19)14-5-2-1-3-6-14)24(39-17)34-13-31-18-21(29-12-30-22(18)34)33-27(37)32-15-8-9-15;1-2-27-26(36)32-20-17-21(30-12-29-20)33(13-31-17)23-19-18(39-25(40-19)14-7-4-3-5-8-14)16(38-23)11-37-22-15(24(34)35)9-6-10-28-22/h3-12,14-15,18-19,21-22,26H,2,13H2,1H3,(H,36,37)(H2,29,31,32,34,38);1-7,10,12-13,15,17,19-20,24,26H,8-9,11H2,(H,35,36)(H2,29,30,32,33,37);3-10,12-13,16,18-19,23,25H,2,11H2,1H3,(H,34,35)(H2,27,29,30,32,36)/b11-10+;;/t18?,19-,21?,22?,26?;17?,19?,20?,24?,26-;16?,18?,19?,23?,25-/m000/s1. The molecule has 0 bridgehead atoms. The summed E-state index contributed by atoms with van der Waals surface area (Å²) in [6, 6.07) is 36.5. The molecule has 7 fully saturated rings. The Hall–Kier alpha value is -14.2. The fourth-order valence-corrected chi connectivity index (χ4v) is 14.5. The van der Waals surface area contributed by atoms with E-state index >= 15 is 0 Å². The molecule has 15 heterocycles. The second kappa shape index (κ2) is 36.4. The Balaban J connectivity index is 0.000000131. The molecule has 19 rings (SSSR count). The summed E-state index contributed by atoms with van der Waals surface area (Å²) in [5, 5.41) is 44.8. The monoisotopic (exact) mass is 1680 g/mol. The summed E-state index contributed by atoms with van der Waals surface area (Å²) >= 11 is 0. The molecule has 6 saturated heterocycles. The Bertz CT molecular complexity index is 5860. The van der Waals surface area contributed by atoms with Crippen molar-refractivity contribution in [2.45, 2.75) is 125 Å². The predicted molar refractivity (Wildman–Crippen MR) is 425 cm³/mol. The zero-order valence-corrected chi connectivity index (χ0v) is 65.1. The molecule has 6 amide bonds. The summed E-state index contributed by atoms with van der Waals surface area (Å²) in [7, 11) is 0. The van der Waals surface area contributed by atoms with Crippen molar-refractivity contribution >= 4 is 93.0 Å². The van der Waals surface area contributed by atoms with Crippen LogP contribution in [0.1, 0.15) is 106 Å². The maximum Gasteiger partial charge on any atom is 0.341 e. The zero-order chi connectivity index (χ0) is 84.6. The summed E-state index contributed by atoms with van der Waals surface area (Å²) in [6.45, 7) is 4.35. The Morgan fingerprint density at radius 1 is 0.407 bits per heavy atom. The van der Waals surface area contributed by atoms with Crippen LogP contribution in [0.3, 0.4) is 0 Å². The van der Waals surface area contributed by atoms with E-state index in [2.05, 4.69) is 91.7 Å². The summed E-state index contributed by atoms with van der Waals surface area (Å²) in [6.07, 6.45) is 8.95. The molecular formula is C81H77N21O21. The number of ether oxygens (including phenoxy) is 12. The van der Waals surface area contributed by atoms with Gasteiger partial charge in [-0.05, 0) is 74.7 Å². The van der Waals surface area contributed by atoms with Gasteiger partial charge in [0, 0.05) is 48.8 Å². The van der Waals surface area contributed by atoms with Crippen LogP contribution in [0.25, 0.3) is 39.6 Å². The van der Waals surface area contributed by atoms with Gasteiger partial charge >= 0.3 is 36.0 Å². The van der Waals surface area contributed by atoms with E-state index in [4.69, 9.17) is 56.8 Å². The highest BCUT2D eigenvalue weighted by Gasteiger charge is 2.57. The van der Waals surface area contributed by atoms with E-state index in [1.165, 1.54) is 86.6 Å². The highest BCUT2D eigenvalue weighted by atomic mass is 16.8. The lowest BCUT2D eigenvalue weighted by Gasteiger charge is -2.21. The average molecular weight is 1680 g/mol. The van der Waals surface area contributed by atoms with Gasteiger partial charge in [-0.1, -0.05) is 97.1 Å². The quantitative estimate of drug-likeness (QED) is 0.0261. The first-order valence-electron chi connectivity index (χ1n) is 39.0. The number of hydrogen-bond donors (Lipinski definition) is 9. The molecule has 12 unspecified atom stereocenters. The van der Waals surface area contributed by atoms with Crippen LogP contribution in [0.5, 0.6) is 17.6 Å². The van der Waals surface area contributed by atoms with E-state index in [9.17, 15) is 44.1 Å².